The fraction of sp³-hybridized carbons (Fsp3) is 0.562. The third-order valence-electron chi connectivity index (χ3n) is 3.84. The zero-order valence-electron chi connectivity index (χ0n) is 12.3. The van der Waals surface area contributed by atoms with Gasteiger partial charge in [0, 0.05) is 12.1 Å². The van der Waals surface area contributed by atoms with E-state index in [2.05, 4.69) is 17.6 Å². The van der Waals surface area contributed by atoms with Crippen molar-refractivity contribution in [3.05, 3.63) is 29.8 Å². The maximum atomic E-state index is 12.1. The molecule has 2 unspecified atom stereocenters. The zero-order valence-corrected chi connectivity index (χ0v) is 12.3. The molecule has 0 saturated carbocycles. The molecule has 2 N–H and O–H groups in total. The third kappa shape index (κ3) is 4.23. The molecule has 1 fully saturated rings. The van der Waals surface area contributed by atoms with E-state index in [-0.39, 0.29) is 11.9 Å². The van der Waals surface area contributed by atoms with Crippen LogP contribution in [0.15, 0.2) is 24.3 Å². The number of benzene rings is 1. The quantitative estimate of drug-likeness (QED) is 0.863. The molecule has 1 aromatic rings. The van der Waals surface area contributed by atoms with Gasteiger partial charge in [-0.3, -0.25) is 4.79 Å². The molecule has 1 aliphatic rings. The average molecular weight is 276 g/mol. The molecule has 0 spiro atoms. The van der Waals surface area contributed by atoms with Gasteiger partial charge < -0.3 is 15.4 Å². The number of hydrogen-bond donors (Lipinski definition) is 2. The Hall–Kier alpha value is -1.55. The molecule has 2 rings (SSSR count). The standard InChI is InChI=1S/C16H24N2O2/c1-12(15-8-3-4-9-17-15)18-16(19)11-13-6-5-7-14(10-13)20-2/h5-7,10,12,15,17H,3-4,8-9,11H2,1-2H3,(H,18,19). The minimum Gasteiger partial charge on any atom is -0.497 e. The van der Waals surface area contributed by atoms with Crippen LogP contribution in [0, 0.1) is 0 Å². The van der Waals surface area contributed by atoms with Crippen LogP contribution in [-0.2, 0) is 11.2 Å². The lowest BCUT2D eigenvalue weighted by Gasteiger charge is -2.29. The van der Waals surface area contributed by atoms with Crippen molar-refractivity contribution in [3.63, 3.8) is 0 Å². The fourth-order valence-corrected chi connectivity index (χ4v) is 2.68. The van der Waals surface area contributed by atoms with E-state index in [9.17, 15) is 4.79 Å². The first-order valence-electron chi connectivity index (χ1n) is 7.34. The van der Waals surface area contributed by atoms with Crippen molar-refractivity contribution in [2.75, 3.05) is 13.7 Å². The molecule has 4 heteroatoms. The Morgan fingerprint density at radius 2 is 2.35 bits per heavy atom. The third-order valence-corrected chi connectivity index (χ3v) is 3.84. The summed E-state index contributed by atoms with van der Waals surface area (Å²) in [5.41, 5.74) is 0.977. The van der Waals surface area contributed by atoms with Crippen LogP contribution < -0.4 is 15.4 Å². The molecular formula is C16H24N2O2. The minimum absolute atomic E-state index is 0.0677. The molecule has 4 nitrogen and oxygen atoms in total. The van der Waals surface area contributed by atoms with Crippen molar-refractivity contribution in [3.8, 4) is 5.75 Å². The van der Waals surface area contributed by atoms with Crippen LogP contribution >= 0.6 is 0 Å². The van der Waals surface area contributed by atoms with Gasteiger partial charge in [-0.1, -0.05) is 18.6 Å². The van der Waals surface area contributed by atoms with Gasteiger partial charge in [-0.05, 0) is 44.0 Å². The van der Waals surface area contributed by atoms with E-state index in [0.717, 1.165) is 24.3 Å². The first-order valence-corrected chi connectivity index (χ1v) is 7.34. The Kier molecular flexibility index (Phi) is 5.41. The van der Waals surface area contributed by atoms with Gasteiger partial charge >= 0.3 is 0 Å². The Morgan fingerprint density at radius 3 is 3.05 bits per heavy atom. The molecule has 1 saturated heterocycles. The van der Waals surface area contributed by atoms with E-state index >= 15 is 0 Å². The molecule has 0 aliphatic carbocycles. The Bertz CT molecular complexity index is 442. The highest BCUT2D eigenvalue weighted by atomic mass is 16.5. The SMILES string of the molecule is COc1cccc(CC(=O)NC(C)C2CCCCN2)c1. The molecule has 1 amide bonds. The van der Waals surface area contributed by atoms with Gasteiger partial charge in [0.2, 0.25) is 5.91 Å². The summed E-state index contributed by atoms with van der Waals surface area (Å²) in [6, 6.07) is 8.23. The molecule has 20 heavy (non-hydrogen) atoms. The van der Waals surface area contributed by atoms with Gasteiger partial charge in [-0.15, -0.1) is 0 Å². The number of nitrogens with one attached hydrogen (secondary N) is 2. The molecule has 0 radical (unpaired) electrons. The number of amides is 1. The molecule has 110 valence electrons. The summed E-state index contributed by atoms with van der Waals surface area (Å²) in [5, 5.41) is 6.56. The summed E-state index contributed by atoms with van der Waals surface area (Å²) in [4.78, 5) is 12.1. The van der Waals surface area contributed by atoms with Crippen molar-refractivity contribution >= 4 is 5.91 Å². The van der Waals surface area contributed by atoms with Gasteiger partial charge in [0.15, 0.2) is 0 Å². The summed E-state index contributed by atoms with van der Waals surface area (Å²) < 4.78 is 5.17. The molecule has 2 atom stereocenters. The van der Waals surface area contributed by atoms with Crippen LogP contribution in [0.25, 0.3) is 0 Å². The van der Waals surface area contributed by atoms with E-state index in [1.165, 1.54) is 12.8 Å². The molecular weight excluding hydrogens is 252 g/mol. The lowest BCUT2D eigenvalue weighted by atomic mass is 9.99. The molecule has 1 heterocycles. The van der Waals surface area contributed by atoms with E-state index in [1.807, 2.05) is 24.3 Å². The Morgan fingerprint density at radius 1 is 1.50 bits per heavy atom. The lowest BCUT2D eigenvalue weighted by Crippen LogP contribution is -2.50. The van der Waals surface area contributed by atoms with Gasteiger partial charge in [-0.25, -0.2) is 0 Å². The van der Waals surface area contributed by atoms with Crippen molar-refractivity contribution in [2.24, 2.45) is 0 Å². The first kappa shape index (κ1) is 14.9. The van der Waals surface area contributed by atoms with Crippen LogP contribution in [0.2, 0.25) is 0 Å². The number of rotatable bonds is 5. The Balaban J connectivity index is 1.84. The van der Waals surface area contributed by atoms with Gasteiger partial charge in [0.1, 0.15) is 5.75 Å². The minimum atomic E-state index is 0.0677. The van der Waals surface area contributed by atoms with E-state index in [1.54, 1.807) is 7.11 Å². The summed E-state index contributed by atoms with van der Waals surface area (Å²) in [6.45, 7) is 3.13. The zero-order chi connectivity index (χ0) is 14.4. The van der Waals surface area contributed by atoms with Crippen LogP contribution in [-0.4, -0.2) is 31.6 Å². The Labute approximate surface area is 120 Å². The number of piperidine rings is 1. The van der Waals surface area contributed by atoms with Gasteiger partial charge in [-0.2, -0.15) is 0 Å². The van der Waals surface area contributed by atoms with Crippen LogP contribution in [0.1, 0.15) is 31.7 Å². The van der Waals surface area contributed by atoms with Gasteiger partial charge in [0.25, 0.3) is 0 Å². The monoisotopic (exact) mass is 276 g/mol. The molecule has 1 aliphatic heterocycles. The maximum absolute atomic E-state index is 12.1. The predicted molar refractivity (Wildman–Crippen MR) is 79.9 cm³/mol. The predicted octanol–water partition coefficient (Wildman–Crippen LogP) is 1.88. The summed E-state index contributed by atoms with van der Waals surface area (Å²) in [7, 11) is 1.63. The smallest absolute Gasteiger partial charge is 0.224 e. The summed E-state index contributed by atoms with van der Waals surface area (Å²) >= 11 is 0. The number of hydrogen-bond acceptors (Lipinski definition) is 3. The molecule has 0 aromatic heterocycles. The van der Waals surface area contributed by atoms with E-state index in [4.69, 9.17) is 4.74 Å². The molecule has 0 bridgehead atoms. The van der Waals surface area contributed by atoms with E-state index < -0.39 is 0 Å². The van der Waals surface area contributed by atoms with Crippen LogP contribution in [0.5, 0.6) is 5.75 Å². The highest BCUT2D eigenvalue weighted by Crippen LogP contribution is 2.14. The largest absolute Gasteiger partial charge is 0.497 e. The topological polar surface area (TPSA) is 50.4 Å². The average Bonchev–Trinajstić information content (AvgIpc) is 2.48. The number of methoxy groups -OCH3 is 1. The van der Waals surface area contributed by atoms with E-state index in [0.29, 0.717) is 12.5 Å². The molecule has 1 aromatic carbocycles. The number of carbonyl (C=O) groups excluding carboxylic acids is 1. The van der Waals surface area contributed by atoms with Crippen molar-refractivity contribution in [1.29, 1.82) is 0 Å². The van der Waals surface area contributed by atoms with Crippen molar-refractivity contribution in [2.45, 2.75) is 44.7 Å². The van der Waals surface area contributed by atoms with Crippen molar-refractivity contribution < 1.29 is 9.53 Å². The second kappa shape index (κ2) is 7.29. The highest BCUT2D eigenvalue weighted by Gasteiger charge is 2.20. The van der Waals surface area contributed by atoms with Crippen LogP contribution in [0.4, 0.5) is 0 Å². The lowest BCUT2D eigenvalue weighted by molar-refractivity contribution is -0.121. The normalized spacial score (nSPS) is 20.2. The van der Waals surface area contributed by atoms with Crippen LogP contribution in [0.3, 0.4) is 0 Å². The number of carbonyl (C=O) groups is 1. The van der Waals surface area contributed by atoms with Crippen molar-refractivity contribution in [1.82, 2.24) is 10.6 Å². The second-order valence-corrected chi connectivity index (χ2v) is 5.44. The summed E-state index contributed by atoms with van der Waals surface area (Å²) in [6.07, 6.45) is 4.02. The summed E-state index contributed by atoms with van der Waals surface area (Å²) in [5.74, 6) is 0.857. The fourth-order valence-electron chi connectivity index (χ4n) is 2.68. The van der Waals surface area contributed by atoms with Gasteiger partial charge in [0.05, 0.1) is 13.5 Å². The second-order valence-electron chi connectivity index (χ2n) is 5.44. The number of ether oxygens (including phenoxy) is 1. The maximum Gasteiger partial charge on any atom is 0.224 e. The highest BCUT2D eigenvalue weighted by molar-refractivity contribution is 5.79. The first-order chi connectivity index (χ1) is 9.69.